The first-order valence-corrected chi connectivity index (χ1v) is 8.75. The van der Waals surface area contributed by atoms with Gasteiger partial charge >= 0.3 is 0 Å². The molecule has 2 fully saturated rings. The Bertz CT molecular complexity index is 560. The first-order valence-electron chi connectivity index (χ1n) is 8.75. The number of halogens is 2. The zero-order valence-corrected chi connectivity index (χ0v) is 16.5. The molecule has 1 unspecified atom stereocenters. The topological polar surface area (TPSA) is 64.7 Å². The third-order valence-electron chi connectivity index (χ3n) is 4.79. The van der Waals surface area contributed by atoms with Crippen LogP contribution in [-0.4, -0.2) is 67.4 Å². The van der Waals surface area contributed by atoms with Crippen molar-refractivity contribution < 1.29 is 9.59 Å². The van der Waals surface area contributed by atoms with Gasteiger partial charge in [0.25, 0.3) is 0 Å². The Morgan fingerprint density at radius 1 is 1.08 bits per heavy atom. The van der Waals surface area contributed by atoms with Gasteiger partial charge in [0.2, 0.25) is 11.8 Å². The van der Waals surface area contributed by atoms with Gasteiger partial charge in [-0.05, 0) is 18.5 Å². The van der Waals surface area contributed by atoms with Gasteiger partial charge < -0.3 is 15.5 Å². The summed E-state index contributed by atoms with van der Waals surface area (Å²) in [5.41, 5.74) is 1.10. The van der Waals surface area contributed by atoms with Gasteiger partial charge in [-0.2, -0.15) is 0 Å². The molecule has 0 saturated carbocycles. The number of hydrogen-bond donors (Lipinski definition) is 2. The van der Waals surface area contributed by atoms with Crippen LogP contribution in [0.15, 0.2) is 30.3 Å². The van der Waals surface area contributed by atoms with Crippen molar-refractivity contribution in [1.82, 2.24) is 20.4 Å². The summed E-state index contributed by atoms with van der Waals surface area (Å²) in [7, 11) is 0. The van der Waals surface area contributed by atoms with Crippen LogP contribution in [0.4, 0.5) is 0 Å². The summed E-state index contributed by atoms with van der Waals surface area (Å²) in [5, 5.41) is 6.20. The number of benzene rings is 1. The minimum atomic E-state index is 0. The van der Waals surface area contributed by atoms with Crippen molar-refractivity contribution in [3.63, 3.8) is 0 Å². The van der Waals surface area contributed by atoms with Crippen molar-refractivity contribution in [1.29, 1.82) is 0 Å². The fourth-order valence-corrected chi connectivity index (χ4v) is 3.31. The Morgan fingerprint density at radius 2 is 1.77 bits per heavy atom. The summed E-state index contributed by atoms with van der Waals surface area (Å²) in [6.07, 6.45) is 0.945. The maximum atomic E-state index is 12.4. The van der Waals surface area contributed by atoms with Crippen LogP contribution in [0, 0.1) is 5.92 Å². The number of carbonyl (C=O) groups is 2. The Labute approximate surface area is 167 Å². The largest absolute Gasteiger partial charge is 0.351 e. The Kier molecular flexibility index (Phi) is 9.94. The van der Waals surface area contributed by atoms with E-state index in [9.17, 15) is 9.59 Å². The molecule has 2 aliphatic heterocycles. The number of nitrogens with zero attached hydrogens (tertiary/aromatic N) is 2. The van der Waals surface area contributed by atoms with Crippen LogP contribution < -0.4 is 10.6 Å². The van der Waals surface area contributed by atoms with Crippen LogP contribution in [-0.2, 0) is 16.1 Å². The van der Waals surface area contributed by atoms with Crippen molar-refractivity contribution in [2.45, 2.75) is 13.0 Å². The molecule has 3 rings (SSSR count). The molecule has 6 nitrogen and oxygen atoms in total. The van der Waals surface area contributed by atoms with E-state index in [1.54, 1.807) is 0 Å². The fraction of sp³-hybridized carbons (Fsp3) is 0.556. The normalized spacial score (nSPS) is 20.0. The molecule has 2 amide bonds. The summed E-state index contributed by atoms with van der Waals surface area (Å²) in [6, 6.07) is 9.91. The van der Waals surface area contributed by atoms with Gasteiger partial charge in [-0.1, -0.05) is 30.3 Å². The number of rotatable bonds is 5. The van der Waals surface area contributed by atoms with Crippen LogP contribution in [0.5, 0.6) is 0 Å². The molecule has 2 aliphatic rings. The molecule has 2 saturated heterocycles. The SMILES string of the molecule is Cl.Cl.O=C(CN1CCN(C(=O)C2CCNC2)CC1)NCc1ccccc1. The first kappa shape index (κ1) is 22.7. The van der Waals surface area contributed by atoms with E-state index in [2.05, 4.69) is 15.5 Å². The third kappa shape index (κ3) is 6.43. The van der Waals surface area contributed by atoms with E-state index in [0.717, 1.165) is 51.3 Å². The molecule has 1 aromatic rings. The zero-order valence-electron chi connectivity index (χ0n) is 14.9. The number of carbonyl (C=O) groups excluding carboxylic acids is 2. The molecule has 1 atom stereocenters. The summed E-state index contributed by atoms with van der Waals surface area (Å²) in [6.45, 7) is 5.70. The Morgan fingerprint density at radius 3 is 2.38 bits per heavy atom. The van der Waals surface area contributed by atoms with E-state index in [0.29, 0.717) is 13.1 Å². The van der Waals surface area contributed by atoms with Crippen LogP contribution >= 0.6 is 24.8 Å². The lowest BCUT2D eigenvalue weighted by Crippen LogP contribution is -2.52. The molecule has 1 aromatic carbocycles. The average molecular weight is 403 g/mol. The quantitative estimate of drug-likeness (QED) is 0.767. The molecule has 0 radical (unpaired) electrons. The van der Waals surface area contributed by atoms with Gasteiger partial charge in [-0.25, -0.2) is 0 Å². The van der Waals surface area contributed by atoms with E-state index >= 15 is 0 Å². The van der Waals surface area contributed by atoms with Gasteiger partial charge in [0, 0.05) is 39.3 Å². The molecule has 2 heterocycles. The second kappa shape index (κ2) is 11.4. The van der Waals surface area contributed by atoms with Gasteiger partial charge in [0.05, 0.1) is 12.5 Å². The molecule has 0 bridgehead atoms. The Balaban J connectivity index is 0.00000169. The number of hydrogen-bond acceptors (Lipinski definition) is 4. The maximum Gasteiger partial charge on any atom is 0.234 e. The molecule has 0 aromatic heterocycles. The minimum Gasteiger partial charge on any atom is -0.351 e. The van der Waals surface area contributed by atoms with E-state index in [1.807, 2.05) is 35.2 Å². The van der Waals surface area contributed by atoms with Crippen LogP contribution in [0.2, 0.25) is 0 Å². The zero-order chi connectivity index (χ0) is 16.8. The average Bonchev–Trinajstić information content (AvgIpc) is 3.16. The van der Waals surface area contributed by atoms with Crippen molar-refractivity contribution in [3.8, 4) is 0 Å². The maximum absolute atomic E-state index is 12.4. The lowest BCUT2D eigenvalue weighted by molar-refractivity contribution is -0.136. The van der Waals surface area contributed by atoms with Crippen molar-refractivity contribution >= 4 is 36.6 Å². The second-order valence-corrected chi connectivity index (χ2v) is 6.55. The lowest BCUT2D eigenvalue weighted by Gasteiger charge is -2.35. The molecule has 26 heavy (non-hydrogen) atoms. The standard InChI is InChI=1S/C18H26N4O2.2ClH/c23-17(20-12-15-4-2-1-3-5-15)14-21-8-10-22(11-9-21)18(24)16-6-7-19-13-16;;/h1-5,16,19H,6-14H2,(H,20,23);2*1H. The van der Waals surface area contributed by atoms with Crippen LogP contribution in [0.1, 0.15) is 12.0 Å². The van der Waals surface area contributed by atoms with Crippen molar-refractivity contribution in [2.75, 3.05) is 45.8 Å². The highest BCUT2D eigenvalue weighted by Gasteiger charge is 2.29. The number of amides is 2. The molecular formula is C18H28Cl2N4O2. The first-order chi connectivity index (χ1) is 11.7. The van der Waals surface area contributed by atoms with Crippen molar-refractivity contribution in [3.05, 3.63) is 35.9 Å². The van der Waals surface area contributed by atoms with Gasteiger partial charge in [0.15, 0.2) is 0 Å². The van der Waals surface area contributed by atoms with Gasteiger partial charge in [-0.3, -0.25) is 14.5 Å². The molecule has 0 aliphatic carbocycles. The van der Waals surface area contributed by atoms with Crippen LogP contribution in [0.25, 0.3) is 0 Å². The summed E-state index contributed by atoms with van der Waals surface area (Å²) >= 11 is 0. The molecule has 2 N–H and O–H groups in total. The van der Waals surface area contributed by atoms with E-state index in [1.165, 1.54) is 0 Å². The van der Waals surface area contributed by atoms with E-state index in [4.69, 9.17) is 0 Å². The number of piperazine rings is 1. The van der Waals surface area contributed by atoms with Gasteiger partial charge in [-0.15, -0.1) is 24.8 Å². The smallest absolute Gasteiger partial charge is 0.234 e. The van der Waals surface area contributed by atoms with Crippen molar-refractivity contribution in [2.24, 2.45) is 5.92 Å². The monoisotopic (exact) mass is 402 g/mol. The molecular weight excluding hydrogens is 375 g/mol. The summed E-state index contributed by atoms with van der Waals surface area (Å²) in [5.74, 6) is 0.456. The lowest BCUT2D eigenvalue weighted by atomic mass is 10.1. The molecule has 0 spiro atoms. The summed E-state index contributed by atoms with van der Waals surface area (Å²) in [4.78, 5) is 28.5. The molecule has 8 heteroatoms. The highest BCUT2D eigenvalue weighted by molar-refractivity contribution is 5.85. The van der Waals surface area contributed by atoms with E-state index < -0.39 is 0 Å². The van der Waals surface area contributed by atoms with Crippen LogP contribution in [0.3, 0.4) is 0 Å². The predicted molar refractivity (Wildman–Crippen MR) is 107 cm³/mol. The predicted octanol–water partition coefficient (Wildman–Crippen LogP) is 0.900. The third-order valence-corrected chi connectivity index (χ3v) is 4.79. The van der Waals surface area contributed by atoms with E-state index in [-0.39, 0.29) is 42.5 Å². The Hall–Kier alpha value is -1.34. The van der Waals surface area contributed by atoms with Gasteiger partial charge in [0.1, 0.15) is 0 Å². The highest BCUT2D eigenvalue weighted by atomic mass is 35.5. The summed E-state index contributed by atoms with van der Waals surface area (Å²) < 4.78 is 0. The number of nitrogens with one attached hydrogen (secondary N) is 2. The molecule has 146 valence electrons. The second-order valence-electron chi connectivity index (χ2n) is 6.55. The minimum absolute atomic E-state index is 0. The highest BCUT2D eigenvalue weighted by Crippen LogP contribution is 2.13. The fourth-order valence-electron chi connectivity index (χ4n) is 3.31.